The zero-order chi connectivity index (χ0) is 13.5. The van der Waals surface area contributed by atoms with Crippen molar-refractivity contribution in [2.75, 3.05) is 18.6 Å². The first kappa shape index (κ1) is 13.3. The van der Waals surface area contributed by atoms with Gasteiger partial charge in [-0.15, -0.1) is 0 Å². The highest BCUT2D eigenvalue weighted by molar-refractivity contribution is 5.33. The van der Waals surface area contributed by atoms with Crippen LogP contribution < -0.4 is 9.64 Å². The SMILES string of the molecule is CCCN(Cc1ccc(OC)cc1)c1ncccn1. The largest absolute Gasteiger partial charge is 0.497 e. The summed E-state index contributed by atoms with van der Waals surface area (Å²) in [5.41, 5.74) is 1.22. The Morgan fingerprint density at radius 1 is 1.11 bits per heavy atom. The van der Waals surface area contributed by atoms with Gasteiger partial charge in [0.1, 0.15) is 5.75 Å². The lowest BCUT2D eigenvalue weighted by Crippen LogP contribution is -2.25. The summed E-state index contributed by atoms with van der Waals surface area (Å²) in [7, 11) is 1.68. The van der Waals surface area contributed by atoms with E-state index >= 15 is 0 Å². The van der Waals surface area contributed by atoms with Crippen LogP contribution in [0.1, 0.15) is 18.9 Å². The molecule has 2 aromatic rings. The topological polar surface area (TPSA) is 38.2 Å². The molecule has 2 rings (SSSR count). The molecule has 0 unspecified atom stereocenters. The van der Waals surface area contributed by atoms with E-state index < -0.39 is 0 Å². The molecule has 0 bridgehead atoms. The van der Waals surface area contributed by atoms with E-state index in [0.29, 0.717) is 0 Å². The van der Waals surface area contributed by atoms with E-state index in [9.17, 15) is 0 Å². The van der Waals surface area contributed by atoms with E-state index in [0.717, 1.165) is 31.2 Å². The van der Waals surface area contributed by atoms with Gasteiger partial charge >= 0.3 is 0 Å². The van der Waals surface area contributed by atoms with Crippen molar-refractivity contribution in [1.82, 2.24) is 9.97 Å². The third kappa shape index (κ3) is 3.68. The first-order valence-corrected chi connectivity index (χ1v) is 6.48. The molecule has 0 aliphatic carbocycles. The zero-order valence-electron chi connectivity index (χ0n) is 11.4. The average Bonchev–Trinajstić information content (AvgIpc) is 2.48. The Morgan fingerprint density at radius 2 is 1.79 bits per heavy atom. The minimum atomic E-state index is 0.778. The molecule has 0 aliphatic rings. The van der Waals surface area contributed by atoms with Gasteiger partial charge in [-0.2, -0.15) is 0 Å². The van der Waals surface area contributed by atoms with Crippen molar-refractivity contribution in [2.45, 2.75) is 19.9 Å². The Hall–Kier alpha value is -2.10. The van der Waals surface area contributed by atoms with E-state index in [4.69, 9.17) is 4.74 Å². The van der Waals surface area contributed by atoms with E-state index in [1.807, 2.05) is 18.2 Å². The van der Waals surface area contributed by atoms with Gasteiger partial charge in [0.25, 0.3) is 0 Å². The molecule has 4 nitrogen and oxygen atoms in total. The van der Waals surface area contributed by atoms with Crippen LogP contribution in [0.25, 0.3) is 0 Å². The molecular weight excluding hydrogens is 238 g/mol. The van der Waals surface area contributed by atoms with Crippen molar-refractivity contribution in [1.29, 1.82) is 0 Å². The minimum absolute atomic E-state index is 0.778. The molecule has 0 spiro atoms. The fourth-order valence-corrected chi connectivity index (χ4v) is 1.93. The van der Waals surface area contributed by atoms with Crippen LogP contribution in [-0.4, -0.2) is 23.6 Å². The number of hydrogen-bond donors (Lipinski definition) is 0. The fraction of sp³-hybridized carbons (Fsp3) is 0.333. The van der Waals surface area contributed by atoms with E-state index in [1.54, 1.807) is 19.5 Å². The van der Waals surface area contributed by atoms with Crippen molar-refractivity contribution in [3.8, 4) is 5.75 Å². The van der Waals surface area contributed by atoms with Crippen LogP contribution in [-0.2, 0) is 6.54 Å². The monoisotopic (exact) mass is 257 g/mol. The number of nitrogens with zero attached hydrogens (tertiary/aromatic N) is 3. The smallest absolute Gasteiger partial charge is 0.225 e. The lowest BCUT2D eigenvalue weighted by molar-refractivity contribution is 0.414. The first-order chi connectivity index (χ1) is 9.33. The number of benzene rings is 1. The predicted octanol–water partition coefficient (Wildman–Crippen LogP) is 2.90. The zero-order valence-corrected chi connectivity index (χ0v) is 11.4. The molecule has 0 aliphatic heterocycles. The molecule has 0 N–H and O–H groups in total. The summed E-state index contributed by atoms with van der Waals surface area (Å²) in [5, 5.41) is 0. The average molecular weight is 257 g/mol. The lowest BCUT2D eigenvalue weighted by atomic mass is 10.2. The lowest BCUT2D eigenvalue weighted by Gasteiger charge is -2.21. The van der Waals surface area contributed by atoms with Gasteiger partial charge in [0.05, 0.1) is 7.11 Å². The van der Waals surface area contributed by atoms with E-state index in [1.165, 1.54) is 5.56 Å². The van der Waals surface area contributed by atoms with Gasteiger partial charge < -0.3 is 9.64 Å². The number of anilines is 1. The molecule has 1 aromatic heterocycles. The molecule has 19 heavy (non-hydrogen) atoms. The van der Waals surface area contributed by atoms with Gasteiger partial charge in [0, 0.05) is 25.5 Å². The molecular formula is C15H19N3O. The van der Waals surface area contributed by atoms with Crippen molar-refractivity contribution in [2.24, 2.45) is 0 Å². The maximum Gasteiger partial charge on any atom is 0.225 e. The van der Waals surface area contributed by atoms with Gasteiger partial charge in [0.15, 0.2) is 0 Å². The van der Waals surface area contributed by atoms with Gasteiger partial charge in [-0.25, -0.2) is 9.97 Å². The summed E-state index contributed by atoms with van der Waals surface area (Å²) < 4.78 is 5.17. The molecule has 1 heterocycles. The number of hydrogen-bond acceptors (Lipinski definition) is 4. The minimum Gasteiger partial charge on any atom is -0.497 e. The Kier molecular flexibility index (Phi) is 4.72. The first-order valence-electron chi connectivity index (χ1n) is 6.48. The van der Waals surface area contributed by atoms with Crippen molar-refractivity contribution >= 4 is 5.95 Å². The number of rotatable bonds is 6. The molecule has 0 fully saturated rings. The van der Waals surface area contributed by atoms with E-state index in [-0.39, 0.29) is 0 Å². The van der Waals surface area contributed by atoms with Crippen molar-refractivity contribution in [3.05, 3.63) is 48.3 Å². The summed E-state index contributed by atoms with van der Waals surface area (Å²) in [5.74, 6) is 1.65. The highest BCUT2D eigenvalue weighted by Crippen LogP contribution is 2.15. The molecule has 0 saturated carbocycles. The highest BCUT2D eigenvalue weighted by atomic mass is 16.5. The summed E-state index contributed by atoms with van der Waals surface area (Å²) in [6.45, 7) is 3.90. The Morgan fingerprint density at radius 3 is 2.37 bits per heavy atom. The molecule has 0 saturated heterocycles. The fourth-order valence-electron chi connectivity index (χ4n) is 1.93. The second-order valence-electron chi connectivity index (χ2n) is 4.32. The van der Waals surface area contributed by atoms with Gasteiger partial charge in [-0.05, 0) is 30.2 Å². The standard InChI is InChI=1S/C15H19N3O/c1-3-11-18(15-16-9-4-10-17-15)12-13-5-7-14(19-2)8-6-13/h4-10H,3,11-12H2,1-2H3. The normalized spacial score (nSPS) is 10.2. The van der Waals surface area contributed by atoms with Crippen LogP contribution >= 0.6 is 0 Å². The summed E-state index contributed by atoms with van der Waals surface area (Å²) in [4.78, 5) is 10.8. The van der Waals surface area contributed by atoms with Crippen LogP contribution in [0.4, 0.5) is 5.95 Å². The van der Waals surface area contributed by atoms with Crippen LogP contribution in [0.15, 0.2) is 42.7 Å². The molecule has 0 atom stereocenters. The Bertz CT molecular complexity index is 485. The maximum atomic E-state index is 5.17. The quantitative estimate of drug-likeness (QED) is 0.797. The van der Waals surface area contributed by atoms with Gasteiger partial charge in [-0.3, -0.25) is 0 Å². The summed E-state index contributed by atoms with van der Waals surface area (Å²) in [6, 6.07) is 9.94. The third-order valence-electron chi connectivity index (χ3n) is 2.86. The molecule has 1 aromatic carbocycles. The Balaban J connectivity index is 2.11. The molecule has 0 amide bonds. The van der Waals surface area contributed by atoms with Crippen LogP contribution in [0.5, 0.6) is 5.75 Å². The second-order valence-corrected chi connectivity index (χ2v) is 4.32. The number of ether oxygens (including phenoxy) is 1. The molecule has 0 radical (unpaired) electrons. The van der Waals surface area contributed by atoms with Crippen LogP contribution in [0.3, 0.4) is 0 Å². The summed E-state index contributed by atoms with van der Waals surface area (Å²) in [6.07, 6.45) is 4.62. The maximum absolute atomic E-state index is 5.17. The van der Waals surface area contributed by atoms with Crippen LogP contribution in [0, 0.1) is 0 Å². The van der Waals surface area contributed by atoms with E-state index in [2.05, 4.69) is 33.9 Å². The summed E-state index contributed by atoms with van der Waals surface area (Å²) >= 11 is 0. The molecule has 100 valence electrons. The number of methoxy groups -OCH3 is 1. The third-order valence-corrected chi connectivity index (χ3v) is 2.86. The van der Waals surface area contributed by atoms with Crippen LogP contribution in [0.2, 0.25) is 0 Å². The Labute approximate surface area is 114 Å². The second kappa shape index (κ2) is 6.73. The highest BCUT2D eigenvalue weighted by Gasteiger charge is 2.08. The molecule has 4 heteroatoms. The van der Waals surface area contributed by atoms with Crippen molar-refractivity contribution in [3.63, 3.8) is 0 Å². The van der Waals surface area contributed by atoms with Gasteiger partial charge in [0.2, 0.25) is 5.95 Å². The van der Waals surface area contributed by atoms with Crippen molar-refractivity contribution < 1.29 is 4.74 Å². The number of aromatic nitrogens is 2. The van der Waals surface area contributed by atoms with Gasteiger partial charge in [-0.1, -0.05) is 19.1 Å². The predicted molar refractivity (Wildman–Crippen MR) is 76.4 cm³/mol.